The second-order valence-electron chi connectivity index (χ2n) is 5.00. The Labute approximate surface area is 111 Å². The second-order valence-corrected chi connectivity index (χ2v) is 6.90. The summed E-state index contributed by atoms with van der Waals surface area (Å²) in [6, 6.07) is 2.12. The highest BCUT2D eigenvalue weighted by molar-refractivity contribution is 7.89. The quantitative estimate of drug-likeness (QED) is 0.893. The van der Waals surface area contributed by atoms with Gasteiger partial charge >= 0.3 is 0 Å². The average Bonchev–Trinajstić information content (AvgIpc) is 2.31. The van der Waals surface area contributed by atoms with Gasteiger partial charge < -0.3 is 5.73 Å². The number of sulfonamides is 1. The van der Waals surface area contributed by atoms with Gasteiger partial charge in [-0.05, 0) is 30.5 Å². The number of rotatable bonds is 2. The Bertz CT molecular complexity index is 567. The van der Waals surface area contributed by atoms with Crippen molar-refractivity contribution in [3.8, 4) is 0 Å². The van der Waals surface area contributed by atoms with Gasteiger partial charge in [-0.25, -0.2) is 17.2 Å². The minimum atomic E-state index is -4.04. The van der Waals surface area contributed by atoms with Crippen LogP contribution in [-0.4, -0.2) is 31.9 Å². The molecule has 7 heteroatoms. The number of nitrogens with zero attached hydrogens (tertiary/aromatic N) is 1. The van der Waals surface area contributed by atoms with Crippen LogP contribution >= 0.6 is 0 Å². The number of hydrogen-bond donors (Lipinski definition) is 1. The van der Waals surface area contributed by atoms with Gasteiger partial charge in [0, 0.05) is 19.1 Å². The third-order valence-corrected chi connectivity index (χ3v) is 5.02. The zero-order valence-corrected chi connectivity index (χ0v) is 11.3. The fourth-order valence-electron chi connectivity index (χ4n) is 2.36. The minimum absolute atomic E-state index is 0.0927. The summed E-state index contributed by atoms with van der Waals surface area (Å²) >= 11 is 0. The Hall–Kier alpha value is -1.05. The molecule has 1 aromatic carbocycles. The first-order valence-corrected chi connectivity index (χ1v) is 7.45. The van der Waals surface area contributed by atoms with Gasteiger partial charge in [-0.15, -0.1) is 0 Å². The number of piperidine rings is 1. The lowest BCUT2D eigenvalue weighted by Crippen LogP contribution is -2.48. The van der Waals surface area contributed by atoms with Crippen molar-refractivity contribution in [3.63, 3.8) is 0 Å². The monoisotopic (exact) mass is 290 g/mol. The highest BCUT2D eigenvalue weighted by Gasteiger charge is 2.33. The SMILES string of the molecule is CC1CC(N)CN(S(=O)(=O)c2cc(F)ccc2F)C1. The molecule has 0 aliphatic carbocycles. The first-order valence-electron chi connectivity index (χ1n) is 6.01. The molecule has 4 nitrogen and oxygen atoms in total. The van der Waals surface area contributed by atoms with E-state index in [9.17, 15) is 17.2 Å². The molecule has 1 aromatic rings. The van der Waals surface area contributed by atoms with Crippen LogP contribution < -0.4 is 5.73 Å². The molecule has 1 aliphatic heterocycles. The summed E-state index contributed by atoms with van der Waals surface area (Å²) in [7, 11) is -4.04. The lowest BCUT2D eigenvalue weighted by atomic mass is 9.99. The standard InChI is InChI=1S/C12H16F2N2O2S/c1-8-4-10(15)7-16(6-8)19(17,18)12-5-9(13)2-3-11(12)14/h2-3,5,8,10H,4,6-7,15H2,1H3. The average molecular weight is 290 g/mol. The van der Waals surface area contributed by atoms with Crippen molar-refractivity contribution in [1.29, 1.82) is 0 Å². The molecule has 2 unspecified atom stereocenters. The normalized spacial score (nSPS) is 25.5. The topological polar surface area (TPSA) is 63.4 Å². The summed E-state index contributed by atoms with van der Waals surface area (Å²) in [6.45, 7) is 2.28. The van der Waals surface area contributed by atoms with Crippen molar-refractivity contribution in [2.24, 2.45) is 11.7 Å². The molecule has 0 amide bonds. The Morgan fingerprint density at radius 2 is 2.00 bits per heavy atom. The van der Waals surface area contributed by atoms with Crippen LogP contribution in [0, 0.1) is 17.6 Å². The highest BCUT2D eigenvalue weighted by atomic mass is 32.2. The molecule has 1 saturated heterocycles. The molecule has 2 N–H and O–H groups in total. The predicted molar refractivity (Wildman–Crippen MR) is 66.9 cm³/mol. The summed E-state index contributed by atoms with van der Waals surface area (Å²) in [5.41, 5.74) is 5.78. The predicted octanol–water partition coefficient (Wildman–Crippen LogP) is 1.32. The fraction of sp³-hybridized carbons (Fsp3) is 0.500. The molecule has 19 heavy (non-hydrogen) atoms. The number of hydrogen-bond acceptors (Lipinski definition) is 3. The number of halogens is 2. The number of benzene rings is 1. The lowest BCUT2D eigenvalue weighted by Gasteiger charge is -2.33. The van der Waals surface area contributed by atoms with Crippen LogP contribution in [0.4, 0.5) is 8.78 Å². The van der Waals surface area contributed by atoms with Crippen LogP contribution in [0.25, 0.3) is 0 Å². The van der Waals surface area contributed by atoms with E-state index in [0.29, 0.717) is 6.07 Å². The summed E-state index contributed by atoms with van der Waals surface area (Å²) in [6.07, 6.45) is 0.720. The molecule has 2 rings (SSSR count). The third-order valence-electron chi connectivity index (χ3n) is 3.17. The first-order chi connectivity index (χ1) is 8.80. The van der Waals surface area contributed by atoms with Crippen molar-refractivity contribution >= 4 is 10.0 Å². The van der Waals surface area contributed by atoms with E-state index >= 15 is 0 Å². The van der Waals surface area contributed by atoms with Crippen molar-refractivity contribution < 1.29 is 17.2 Å². The Balaban J connectivity index is 2.39. The lowest BCUT2D eigenvalue weighted by molar-refractivity contribution is 0.253. The van der Waals surface area contributed by atoms with E-state index < -0.39 is 26.6 Å². The van der Waals surface area contributed by atoms with Gasteiger partial charge in [-0.1, -0.05) is 6.92 Å². The zero-order chi connectivity index (χ0) is 14.2. The van der Waals surface area contributed by atoms with Gasteiger partial charge in [-0.2, -0.15) is 4.31 Å². The molecule has 106 valence electrons. The van der Waals surface area contributed by atoms with Crippen molar-refractivity contribution in [1.82, 2.24) is 4.31 Å². The van der Waals surface area contributed by atoms with E-state index in [0.717, 1.165) is 22.9 Å². The molecule has 0 bridgehead atoms. The fourth-order valence-corrected chi connectivity index (χ4v) is 4.05. The number of nitrogens with two attached hydrogens (primary N) is 1. The molecule has 0 aromatic heterocycles. The molecule has 1 heterocycles. The van der Waals surface area contributed by atoms with Gasteiger partial charge in [0.05, 0.1) is 0 Å². The Kier molecular flexibility index (Phi) is 3.89. The van der Waals surface area contributed by atoms with Gasteiger partial charge in [0.2, 0.25) is 10.0 Å². The molecule has 1 fully saturated rings. The van der Waals surface area contributed by atoms with Crippen molar-refractivity contribution in [2.45, 2.75) is 24.3 Å². The summed E-state index contributed by atoms with van der Waals surface area (Å²) < 4.78 is 52.5. The minimum Gasteiger partial charge on any atom is -0.326 e. The van der Waals surface area contributed by atoms with E-state index in [1.54, 1.807) is 0 Å². The first kappa shape index (κ1) is 14.4. The van der Waals surface area contributed by atoms with Crippen LogP contribution in [0.5, 0.6) is 0 Å². The van der Waals surface area contributed by atoms with Crippen molar-refractivity contribution in [2.75, 3.05) is 13.1 Å². The van der Waals surface area contributed by atoms with E-state index in [-0.39, 0.29) is 25.0 Å². The molecular formula is C12H16F2N2O2S. The molecule has 0 saturated carbocycles. The summed E-state index contributed by atoms with van der Waals surface area (Å²) in [5, 5.41) is 0. The largest absolute Gasteiger partial charge is 0.326 e. The molecule has 0 radical (unpaired) electrons. The van der Waals surface area contributed by atoms with Crippen LogP contribution in [0.2, 0.25) is 0 Å². The van der Waals surface area contributed by atoms with Gasteiger partial charge in [0.25, 0.3) is 0 Å². The molecule has 1 aliphatic rings. The van der Waals surface area contributed by atoms with Crippen LogP contribution in [0.1, 0.15) is 13.3 Å². The maximum Gasteiger partial charge on any atom is 0.246 e. The smallest absolute Gasteiger partial charge is 0.246 e. The third kappa shape index (κ3) is 2.93. The van der Waals surface area contributed by atoms with E-state index in [1.807, 2.05) is 6.92 Å². The second kappa shape index (κ2) is 5.15. The van der Waals surface area contributed by atoms with Crippen LogP contribution in [0.3, 0.4) is 0 Å². The van der Waals surface area contributed by atoms with E-state index in [1.165, 1.54) is 0 Å². The molecular weight excluding hydrogens is 274 g/mol. The zero-order valence-electron chi connectivity index (χ0n) is 10.5. The van der Waals surface area contributed by atoms with E-state index in [2.05, 4.69) is 0 Å². The van der Waals surface area contributed by atoms with E-state index in [4.69, 9.17) is 5.73 Å². The summed E-state index contributed by atoms with van der Waals surface area (Å²) in [5.74, 6) is -1.64. The maximum absolute atomic E-state index is 13.6. The molecule has 0 spiro atoms. The van der Waals surface area contributed by atoms with Crippen LogP contribution in [-0.2, 0) is 10.0 Å². The van der Waals surface area contributed by atoms with Crippen molar-refractivity contribution in [3.05, 3.63) is 29.8 Å². The van der Waals surface area contributed by atoms with Crippen LogP contribution in [0.15, 0.2) is 23.1 Å². The highest BCUT2D eigenvalue weighted by Crippen LogP contribution is 2.25. The van der Waals surface area contributed by atoms with Gasteiger partial charge in [0.1, 0.15) is 16.5 Å². The molecule has 2 atom stereocenters. The maximum atomic E-state index is 13.6. The Morgan fingerprint density at radius 3 is 2.63 bits per heavy atom. The summed E-state index contributed by atoms with van der Waals surface area (Å²) in [4.78, 5) is -0.631. The van der Waals surface area contributed by atoms with Gasteiger partial charge in [0.15, 0.2) is 0 Å². The Morgan fingerprint density at radius 1 is 1.32 bits per heavy atom. The van der Waals surface area contributed by atoms with Gasteiger partial charge in [-0.3, -0.25) is 0 Å².